The Morgan fingerprint density at radius 3 is 2.47 bits per heavy atom. The lowest BCUT2D eigenvalue weighted by atomic mass is 9.95. The molecule has 0 aliphatic carbocycles. The van der Waals surface area contributed by atoms with Crippen molar-refractivity contribution in [3.63, 3.8) is 0 Å². The highest BCUT2D eigenvalue weighted by Crippen LogP contribution is 2.28. The quantitative estimate of drug-likeness (QED) is 0.566. The van der Waals surface area contributed by atoms with Gasteiger partial charge in [-0.15, -0.1) is 15.3 Å². The van der Waals surface area contributed by atoms with Crippen LogP contribution in [0.25, 0.3) is 5.65 Å². The van der Waals surface area contributed by atoms with Gasteiger partial charge >= 0.3 is 6.18 Å². The molecule has 182 valence electrons. The average molecular weight is 476 g/mol. The molecule has 34 heavy (non-hydrogen) atoms. The van der Waals surface area contributed by atoms with Crippen LogP contribution >= 0.6 is 0 Å². The van der Waals surface area contributed by atoms with E-state index in [1.807, 2.05) is 37.2 Å². The second kappa shape index (κ2) is 9.96. The summed E-state index contributed by atoms with van der Waals surface area (Å²) in [5.41, 5.74) is 1.26. The smallest absolute Gasteiger partial charge is 0.355 e. The van der Waals surface area contributed by atoms with Crippen LogP contribution in [0.2, 0.25) is 0 Å². The van der Waals surface area contributed by atoms with E-state index in [0.717, 1.165) is 10.9 Å². The summed E-state index contributed by atoms with van der Waals surface area (Å²) in [6.07, 6.45) is -2.60. The molecule has 1 atom stereocenters. The lowest BCUT2D eigenvalue weighted by Gasteiger charge is -2.32. The number of hydrogen-bond acceptors (Lipinski definition) is 6. The van der Waals surface area contributed by atoms with Crippen molar-refractivity contribution >= 4 is 17.4 Å². The Balaban J connectivity index is 1.33. The monoisotopic (exact) mass is 475 g/mol. The molecule has 0 bridgehead atoms. The van der Waals surface area contributed by atoms with Gasteiger partial charge in [0.1, 0.15) is 5.82 Å². The van der Waals surface area contributed by atoms with Crippen LogP contribution in [0.4, 0.5) is 19.0 Å². The molecule has 1 aliphatic rings. The van der Waals surface area contributed by atoms with E-state index in [0.29, 0.717) is 38.3 Å². The third-order valence-corrected chi connectivity index (χ3v) is 6.25. The first-order chi connectivity index (χ1) is 16.2. The van der Waals surface area contributed by atoms with Gasteiger partial charge in [-0.05, 0) is 51.1 Å². The van der Waals surface area contributed by atoms with Crippen LogP contribution in [-0.4, -0.2) is 70.4 Å². The number of halogens is 3. The zero-order valence-electron chi connectivity index (χ0n) is 19.2. The molecule has 1 N–H and O–H groups in total. The second-order valence-corrected chi connectivity index (χ2v) is 8.80. The summed E-state index contributed by atoms with van der Waals surface area (Å²) >= 11 is 0. The van der Waals surface area contributed by atoms with Crippen LogP contribution in [0.1, 0.15) is 24.2 Å². The topological polar surface area (TPSA) is 78.7 Å². The van der Waals surface area contributed by atoms with Gasteiger partial charge in [-0.25, -0.2) is 0 Å². The minimum Gasteiger partial charge on any atom is -0.355 e. The number of piperidine rings is 1. The van der Waals surface area contributed by atoms with Crippen molar-refractivity contribution in [2.24, 2.45) is 5.92 Å². The van der Waals surface area contributed by atoms with Crippen molar-refractivity contribution in [1.82, 2.24) is 30.0 Å². The van der Waals surface area contributed by atoms with Gasteiger partial charge in [0.15, 0.2) is 5.65 Å². The van der Waals surface area contributed by atoms with Gasteiger partial charge in [-0.2, -0.15) is 17.7 Å². The predicted octanol–water partition coefficient (Wildman–Crippen LogP) is 2.65. The van der Waals surface area contributed by atoms with Gasteiger partial charge in [0.05, 0.1) is 0 Å². The maximum absolute atomic E-state index is 13.1. The summed E-state index contributed by atoms with van der Waals surface area (Å²) in [4.78, 5) is 16.8. The summed E-state index contributed by atoms with van der Waals surface area (Å²) in [5, 5.41) is 13.9. The van der Waals surface area contributed by atoms with Crippen LogP contribution < -0.4 is 10.2 Å². The third-order valence-electron chi connectivity index (χ3n) is 6.25. The van der Waals surface area contributed by atoms with Gasteiger partial charge in [-0.3, -0.25) is 4.79 Å². The molecule has 1 aromatic carbocycles. The van der Waals surface area contributed by atoms with Gasteiger partial charge in [0.25, 0.3) is 5.82 Å². The number of fused-ring (bicyclic) bond motifs is 1. The highest BCUT2D eigenvalue weighted by molar-refractivity contribution is 5.79. The fraction of sp³-hybridized carbons (Fsp3) is 0.478. The average Bonchev–Trinajstić information content (AvgIpc) is 3.26. The summed E-state index contributed by atoms with van der Waals surface area (Å²) in [7, 11) is 4.00. The van der Waals surface area contributed by atoms with E-state index >= 15 is 0 Å². The number of alkyl halides is 3. The number of likely N-dealkylation sites (N-methyl/N-ethyl adjacent to an activating group) is 1. The molecule has 1 amide bonds. The number of amides is 1. The number of anilines is 1. The number of carbonyl (C=O) groups excluding carboxylic acids is 1. The zero-order chi connectivity index (χ0) is 24.3. The molecule has 0 unspecified atom stereocenters. The Labute approximate surface area is 195 Å². The molecular weight excluding hydrogens is 447 g/mol. The first-order valence-corrected chi connectivity index (χ1v) is 11.2. The molecule has 3 aromatic rings. The van der Waals surface area contributed by atoms with E-state index in [1.165, 1.54) is 11.6 Å². The Morgan fingerprint density at radius 1 is 1.12 bits per heavy atom. The molecule has 1 aliphatic heterocycles. The SMILES string of the molecule is CN(C)[C@H](CNC(=O)C1CCN(c2ccc3nnc(C(F)(F)F)n3n2)CC1)Cc1ccccc1. The Hall–Kier alpha value is -3.21. The van der Waals surface area contributed by atoms with Crippen molar-refractivity contribution in [2.45, 2.75) is 31.5 Å². The molecule has 0 spiro atoms. The van der Waals surface area contributed by atoms with Crippen LogP contribution in [-0.2, 0) is 17.4 Å². The van der Waals surface area contributed by atoms with Crippen molar-refractivity contribution in [3.05, 3.63) is 53.9 Å². The fourth-order valence-corrected chi connectivity index (χ4v) is 4.18. The molecule has 4 rings (SSSR count). The van der Waals surface area contributed by atoms with Crippen LogP contribution in [0, 0.1) is 5.92 Å². The first-order valence-electron chi connectivity index (χ1n) is 11.2. The second-order valence-electron chi connectivity index (χ2n) is 8.80. The lowest BCUT2D eigenvalue weighted by Crippen LogP contribution is -2.46. The molecule has 1 saturated heterocycles. The minimum atomic E-state index is -4.64. The Morgan fingerprint density at radius 2 is 1.82 bits per heavy atom. The molecular formula is C23H28F3N7O. The number of aromatic nitrogens is 4. The maximum Gasteiger partial charge on any atom is 0.453 e. The molecule has 0 saturated carbocycles. The van der Waals surface area contributed by atoms with Crippen LogP contribution in [0.15, 0.2) is 42.5 Å². The number of hydrogen-bond donors (Lipinski definition) is 1. The van der Waals surface area contributed by atoms with Crippen molar-refractivity contribution in [1.29, 1.82) is 0 Å². The summed E-state index contributed by atoms with van der Waals surface area (Å²) in [6, 6.07) is 13.4. The Kier molecular flexibility index (Phi) is 7.01. The number of nitrogens with one attached hydrogen (secondary N) is 1. The number of rotatable bonds is 7. The fourth-order valence-electron chi connectivity index (χ4n) is 4.18. The lowest BCUT2D eigenvalue weighted by molar-refractivity contribution is -0.146. The van der Waals surface area contributed by atoms with E-state index in [-0.39, 0.29) is 23.5 Å². The van der Waals surface area contributed by atoms with Gasteiger partial charge < -0.3 is 15.1 Å². The van der Waals surface area contributed by atoms with E-state index < -0.39 is 12.0 Å². The molecule has 0 radical (unpaired) electrons. The molecule has 3 heterocycles. The van der Waals surface area contributed by atoms with Gasteiger partial charge in [-0.1, -0.05) is 30.3 Å². The molecule has 2 aromatic heterocycles. The zero-order valence-corrected chi connectivity index (χ0v) is 19.2. The van der Waals surface area contributed by atoms with Crippen LogP contribution in [0.5, 0.6) is 0 Å². The summed E-state index contributed by atoms with van der Waals surface area (Å²) < 4.78 is 40.2. The normalized spacial score (nSPS) is 16.2. The van der Waals surface area contributed by atoms with E-state index in [4.69, 9.17) is 0 Å². The maximum atomic E-state index is 13.1. The number of nitrogens with zero attached hydrogens (tertiary/aromatic N) is 6. The summed E-state index contributed by atoms with van der Waals surface area (Å²) in [5.74, 6) is -0.863. The molecule has 11 heteroatoms. The van der Waals surface area contributed by atoms with E-state index in [1.54, 1.807) is 6.07 Å². The van der Waals surface area contributed by atoms with Gasteiger partial charge in [0, 0.05) is 31.6 Å². The minimum absolute atomic E-state index is 0.0149. The first kappa shape index (κ1) is 23.9. The Bertz CT molecular complexity index is 1110. The third kappa shape index (κ3) is 5.46. The standard InChI is InChI=1S/C23H28F3N7O/c1-31(2)18(14-16-6-4-3-5-7-16)15-27-21(34)17-10-12-32(13-11-17)20-9-8-19-28-29-22(23(24,25)26)33(19)30-20/h3-9,17-18H,10-15H2,1-2H3,(H,27,34)/t18-/m0/s1. The van der Waals surface area contributed by atoms with Crippen molar-refractivity contribution in [3.8, 4) is 0 Å². The largest absolute Gasteiger partial charge is 0.453 e. The summed E-state index contributed by atoms with van der Waals surface area (Å²) in [6.45, 7) is 1.61. The number of benzene rings is 1. The van der Waals surface area contributed by atoms with Crippen molar-refractivity contribution < 1.29 is 18.0 Å². The highest BCUT2D eigenvalue weighted by atomic mass is 19.4. The van der Waals surface area contributed by atoms with E-state index in [2.05, 4.69) is 37.6 Å². The van der Waals surface area contributed by atoms with Gasteiger partial charge in [0.2, 0.25) is 5.91 Å². The van der Waals surface area contributed by atoms with Crippen molar-refractivity contribution in [2.75, 3.05) is 38.6 Å². The van der Waals surface area contributed by atoms with Crippen LogP contribution in [0.3, 0.4) is 0 Å². The number of carbonyl (C=O) groups is 1. The highest BCUT2D eigenvalue weighted by Gasteiger charge is 2.38. The molecule has 1 fully saturated rings. The van der Waals surface area contributed by atoms with E-state index in [9.17, 15) is 18.0 Å². The predicted molar refractivity (Wildman–Crippen MR) is 121 cm³/mol. The molecule has 8 nitrogen and oxygen atoms in total.